The summed E-state index contributed by atoms with van der Waals surface area (Å²) in [6, 6.07) is 0. The first kappa shape index (κ1) is 11.4. The van der Waals surface area contributed by atoms with Crippen LogP contribution in [0.15, 0.2) is 12.5 Å². The Labute approximate surface area is 88.8 Å². The van der Waals surface area contributed by atoms with Gasteiger partial charge in [-0.25, -0.2) is 14.8 Å². The fraction of sp³-hybridized carbons (Fsp3) is 0.500. The van der Waals surface area contributed by atoms with Crippen molar-refractivity contribution in [1.29, 1.82) is 0 Å². The van der Waals surface area contributed by atoms with E-state index in [0.717, 1.165) is 6.54 Å². The summed E-state index contributed by atoms with van der Waals surface area (Å²) in [5.74, 6) is -0.0842. The van der Waals surface area contributed by atoms with E-state index in [2.05, 4.69) is 23.8 Å². The van der Waals surface area contributed by atoms with E-state index in [0.29, 0.717) is 11.7 Å². The van der Waals surface area contributed by atoms with Crippen molar-refractivity contribution >= 4 is 11.8 Å². The molecule has 1 rings (SSSR count). The minimum Gasteiger partial charge on any atom is -0.477 e. The predicted molar refractivity (Wildman–Crippen MR) is 57.1 cm³/mol. The number of anilines is 1. The Morgan fingerprint density at radius 1 is 1.60 bits per heavy atom. The van der Waals surface area contributed by atoms with Gasteiger partial charge in [-0.2, -0.15) is 0 Å². The van der Waals surface area contributed by atoms with Crippen LogP contribution < -0.4 is 4.90 Å². The smallest absolute Gasteiger partial charge is 0.341 e. The Balaban J connectivity index is 2.97. The van der Waals surface area contributed by atoms with Gasteiger partial charge < -0.3 is 10.0 Å². The monoisotopic (exact) mass is 209 g/mol. The lowest BCUT2D eigenvalue weighted by Crippen LogP contribution is -2.25. The molecule has 1 aromatic heterocycles. The molecule has 0 spiro atoms. The molecule has 0 aliphatic heterocycles. The zero-order valence-corrected chi connectivity index (χ0v) is 9.14. The summed E-state index contributed by atoms with van der Waals surface area (Å²) in [4.78, 5) is 20.4. The summed E-state index contributed by atoms with van der Waals surface area (Å²) in [5.41, 5.74) is 0.139. The van der Waals surface area contributed by atoms with E-state index < -0.39 is 5.97 Å². The summed E-state index contributed by atoms with van der Waals surface area (Å²) < 4.78 is 0. The standard InChI is InChI=1S/C10H15N3O2/c1-7(2)5-13(3)9-8(10(14)15)4-11-6-12-9/h4,6-7H,5H2,1-3H3,(H,14,15). The van der Waals surface area contributed by atoms with Gasteiger partial charge in [-0.15, -0.1) is 0 Å². The average Bonchev–Trinajstić information content (AvgIpc) is 2.16. The van der Waals surface area contributed by atoms with Crippen molar-refractivity contribution in [3.8, 4) is 0 Å². The number of nitrogens with zero attached hydrogens (tertiary/aromatic N) is 3. The Morgan fingerprint density at radius 3 is 2.80 bits per heavy atom. The van der Waals surface area contributed by atoms with Crippen LogP contribution in [0.25, 0.3) is 0 Å². The lowest BCUT2D eigenvalue weighted by atomic mass is 10.2. The molecule has 1 aromatic rings. The zero-order valence-electron chi connectivity index (χ0n) is 9.14. The van der Waals surface area contributed by atoms with E-state index in [1.807, 2.05) is 11.9 Å². The van der Waals surface area contributed by atoms with E-state index in [9.17, 15) is 4.79 Å². The second-order valence-electron chi connectivity index (χ2n) is 3.84. The van der Waals surface area contributed by atoms with Crippen LogP contribution in [0.1, 0.15) is 24.2 Å². The molecule has 0 fully saturated rings. The van der Waals surface area contributed by atoms with Crippen LogP contribution in [0, 0.1) is 5.92 Å². The van der Waals surface area contributed by atoms with Gasteiger partial charge in [0.1, 0.15) is 17.7 Å². The number of carboxylic acid groups (broad SMARTS) is 1. The molecule has 0 radical (unpaired) electrons. The Bertz CT molecular complexity index is 352. The Kier molecular flexibility index (Phi) is 3.60. The van der Waals surface area contributed by atoms with Gasteiger partial charge in [0, 0.05) is 19.8 Å². The second kappa shape index (κ2) is 4.72. The largest absolute Gasteiger partial charge is 0.477 e. The fourth-order valence-corrected chi connectivity index (χ4v) is 1.41. The Hall–Kier alpha value is -1.65. The van der Waals surface area contributed by atoms with Gasteiger partial charge in [-0.3, -0.25) is 0 Å². The summed E-state index contributed by atoms with van der Waals surface area (Å²) in [5, 5.41) is 8.94. The van der Waals surface area contributed by atoms with Crippen molar-refractivity contribution in [3.05, 3.63) is 18.1 Å². The highest BCUT2D eigenvalue weighted by atomic mass is 16.4. The Morgan fingerprint density at radius 2 is 2.27 bits per heavy atom. The van der Waals surface area contributed by atoms with Gasteiger partial charge in [0.15, 0.2) is 0 Å². The second-order valence-corrected chi connectivity index (χ2v) is 3.84. The van der Waals surface area contributed by atoms with Crippen LogP contribution in [0.3, 0.4) is 0 Å². The summed E-state index contributed by atoms with van der Waals surface area (Å²) in [6.07, 6.45) is 2.68. The minimum atomic E-state index is -0.999. The predicted octanol–water partition coefficient (Wildman–Crippen LogP) is 1.27. The summed E-state index contributed by atoms with van der Waals surface area (Å²) in [6.45, 7) is 4.90. The molecule has 1 N–H and O–H groups in total. The first-order valence-electron chi connectivity index (χ1n) is 4.76. The van der Waals surface area contributed by atoms with Gasteiger partial charge in [-0.05, 0) is 5.92 Å². The summed E-state index contributed by atoms with van der Waals surface area (Å²) >= 11 is 0. The molecule has 0 aliphatic carbocycles. The first-order chi connectivity index (χ1) is 7.02. The van der Waals surface area contributed by atoms with E-state index in [4.69, 9.17) is 5.11 Å². The number of hydrogen-bond donors (Lipinski definition) is 1. The molecular weight excluding hydrogens is 194 g/mol. The van der Waals surface area contributed by atoms with Crippen molar-refractivity contribution in [2.45, 2.75) is 13.8 Å². The zero-order chi connectivity index (χ0) is 11.4. The fourth-order valence-electron chi connectivity index (χ4n) is 1.41. The molecule has 0 unspecified atom stereocenters. The van der Waals surface area contributed by atoms with Crippen LogP contribution in [0.5, 0.6) is 0 Å². The molecule has 0 saturated carbocycles. The number of aromatic nitrogens is 2. The van der Waals surface area contributed by atoms with Crippen LogP contribution in [0.4, 0.5) is 5.82 Å². The molecule has 0 saturated heterocycles. The third kappa shape index (κ3) is 2.90. The van der Waals surface area contributed by atoms with Crippen molar-refractivity contribution < 1.29 is 9.90 Å². The van der Waals surface area contributed by atoms with E-state index >= 15 is 0 Å². The molecule has 0 aromatic carbocycles. The van der Waals surface area contributed by atoms with E-state index in [-0.39, 0.29) is 5.56 Å². The van der Waals surface area contributed by atoms with E-state index in [1.54, 1.807) is 0 Å². The first-order valence-corrected chi connectivity index (χ1v) is 4.76. The molecule has 15 heavy (non-hydrogen) atoms. The SMILES string of the molecule is CC(C)CN(C)c1ncncc1C(=O)O. The van der Waals surface area contributed by atoms with Crippen molar-refractivity contribution in [2.75, 3.05) is 18.5 Å². The van der Waals surface area contributed by atoms with Crippen molar-refractivity contribution in [3.63, 3.8) is 0 Å². The van der Waals surface area contributed by atoms with Gasteiger partial charge in [0.2, 0.25) is 0 Å². The third-order valence-electron chi connectivity index (χ3n) is 1.92. The highest BCUT2D eigenvalue weighted by molar-refractivity contribution is 5.92. The number of hydrogen-bond acceptors (Lipinski definition) is 4. The van der Waals surface area contributed by atoms with Gasteiger partial charge in [0.25, 0.3) is 0 Å². The highest BCUT2D eigenvalue weighted by Gasteiger charge is 2.15. The number of rotatable bonds is 4. The third-order valence-corrected chi connectivity index (χ3v) is 1.92. The molecule has 0 bridgehead atoms. The van der Waals surface area contributed by atoms with E-state index in [1.165, 1.54) is 12.5 Å². The maximum absolute atomic E-state index is 10.9. The van der Waals surface area contributed by atoms with Gasteiger partial charge in [-0.1, -0.05) is 13.8 Å². The molecular formula is C10H15N3O2. The molecule has 5 nitrogen and oxygen atoms in total. The van der Waals surface area contributed by atoms with Gasteiger partial charge in [0.05, 0.1) is 0 Å². The molecule has 5 heteroatoms. The molecule has 82 valence electrons. The summed E-state index contributed by atoms with van der Waals surface area (Å²) in [7, 11) is 1.83. The average molecular weight is 209 g/mol. The quantitative estimate of drug-likeness (QED) is 0.808. The topological polar surface area (TPSA) is 66.3 Å². The van der Waals surface area contributed by atoms with Crippen LogP contribution in [-0.4, -0.2) is 34.6 Å². The number of carboxylic acids is 1. The van der Waals surface area contributed by atoms with Crippen LogP contribution in [0.2, 0.25) is 0 Å². The lowest BCUT2D eigenvalue weighted by molar-refractivity contribution is 0.0696. The van der Waals surface area contributed by atoms with Crippen molar-refractivity contribution in [1.82, 2.24) is 9.97 Å². The molecule has 1 heterocycles. The van der Waals surface area contributed by atoms with Gasteiger partial charge >= 0.3 is 5.97 Å². The number of aromatic carboxylic acids is 1. The lowest BCUT2D eigenvalue weighted by Gasteiger charge is -2.21. The molecule has 0 atom stereocenters. The molecule has 0 amide bonds. The highest BCUT2D eigenvalue weighted by Crippen LogP contribution is 2.15. The maximum Gasteiger partial charge on any atom is 0.341 e. The van der Waals surface area contributed by atoms with Crippen molar-refractivity contribution in [2.24, 2.45) is 5.92 Å². The normalized spacial score (nSPS) is 10.4. The minimum absolute atomic E-state index is 0.139. The number of carbonyl (C=O) groups is 1. The molecule has 0 aliphatic rings. The maximum atomic E-state index is 10.9. The van der Waals surface area contributed by atoms with Crippen LogP contribution in [-0.2, 0) is 0 Å². The van der Waals surface area contributed by atoms with Crippen LogP contribution >= 0.6 is 0 Å².